The Labute approximate surface area is 165 Å². The summed E-state index contributed by atoms with van der Waals surface area (Å²) in [6.07, 6.45) is 5.72. The Balaban J connectivity index is 1.72. The molecule has 0 spiro atoms. The monoisotopic (exact) mass is 420 g/mol. The molecular formula is C18H20N4O4S2. The molecule has 2 saturated carbocycles. The molecule has 3 aromatic heterocycles. The lowest BCUT2D eigenvalue weighted by molar-refractivity contribution is 0.169. The van der Waals surface area contributed by atoms with E-state index in [0.717, 1.165) is 34.8 Å². The van der Waals surface area contributed by atoms with Gasteiger partial charge < -0.3 is 9.67 Å². The smallest absolute Gasteiger partial charge is 0.421 e. The maximum Gasteiger partial charge on any atom is 0.421 e. The summed E-state index contributed by atoms with van der Waals surface area (Å²) in [5.41, 5.74) is 2.52. The summed E-state index contributed by atoms with van der Waals surface area (Å²) in [4.78, 5) is 20.7. The van der Waals surface area contributed by atoms with Crippen LogP contribution >= 0.6 is 11.3 Å². The molecule has 10 heteroatoms. The molecule has 28 heavy (non-hydrogen) atoms. The number of nitrogens with zero attached hydrogens (tertiary/aromatic N) is 4. The average molecular weight is 421 g/mol. The summed E-state index contributed by atoms with van der Waals surface area (Å²) in [6, 6.07) is 2.18. The molecule has 148 valence electrons. The minimum Gasteiger partial charge on any atom is -0.464 e. The van der Waals surface area contributed by atoms with Crippen molar-refractivity contribution >= 4 is 48.7 Å². The SMILES string of the molecule is CS(=O)(=O)N(Cc1nc2cnc3ccsc3c2n1[C@H]1CC2CCC1C2)C(=O)O. The van der Waals surface area contributed by atoms with Gasteiger partial charge in [0.1, 0.15) is 11.3 Å². The third-order valence-corrected chi connectivity index (χ3v) is 8.12. The van der Waals surface area contributed by atoms with Crippen molar-refractivity contribution in [3.05, 3.63) is 23.5 Å². The van der Waals surface area contributed by atoms with Crippen molar-refractivity contribution < 1.29 is 18.3 Å². The highest BCUT2D eigenvalue weighted by Gasteiger charge is 2.42. The zero-order chi connectivity index (χ0) is 19.6. The van der Waals surface area contributed by atoms with Crippen molar-refractivity contribution in [2.75, 3.05) is 6.26 Å². The van der Waals surface area contributed by atoms with Crippen molar-refractivity contribution in [2.45, 2.75) is 38.3 Å². The normalized spacial score (nSPS) is 24.4. The molecule has 2 unspecified atom stereocenters. The van der Waals surface area contributed by atoms with Gasteiger partial charge in [-0.2, -0.15) is 4.31 Å². The van der Waals surface area contributed by atoms with Crippen molar-refractivity contribution in [3.63, 3.8) is 0 Å². The van der Waals surface area contributed by atoms with Crippen LogP contribution in [0.2, 0.25) is 0 Å². The van der Waals surface area contributed by atoms with E-state index in [0.29, 0.717) is 27.5 Å². The second-order valence-corrected chi connectivity index (χ2v) is 10.6. The molecule has 3 atom stereocenters. The number of pyridine rings is 1. The van der Waals surface area contributed by atoms with Crippen LogP contribution in [0.25, 0.3) is 21.3 Å². The zero-order valence-electron chi connectivity index (χ0n) is 15.3. The molecule has 1 amide bonds. The Bertz CT molecular complexity index is 1200. The molecule has 0 aliphatic heterocycles. The number of fused-ring (bicyclic) bond motifs is 5. The predicted octanol–water partition coefficient (Wildman–Crippen LogP) is 3.45. The lowest BCUT2D eigenvalue weighted by atomic mass is 9.95. The maximum atomic E-state index is 12.0. The number of aromatic nitrogens is 3. The molecule has 2 aliphatic rings. The van der Waals surface area contributed by atoms with Crippen molar-refractivity contribution in [1.82, 2.24) is 18.8 Å². The second kappa shape index (κ2) is 6.15. The van der Waals surface area contributed by atoms with Crippen molar-refractivity contribution in [3.8, 4) is 0 Å². The number of carboxylic acid groups (broad SMARTS) is 1. The van der Waals surface area contributed by atoms with Crippen LogP contribution in [-0.2, 0) is 16.6 Å². The van der Waals surface area contributed by atoms with E-state index in [9.17, 15) is 18.3 Å². The lowest BCUT2D eigenvalue weighted by Crippen LogP contribution is -2.35. The Hall–Kier alpha value is -2.20. The highest BCUT2D eigenvalue weighted by atomic mass is 32.2. The topological polar surface area (TPSA) is 105 Å². The van der Waals surface area contributed by atoms with Gasteiger partial charge in [-0.05, 0) is 42.5 Å². The molecule has 2 aliphatic carbocycles. The Kier molecular flexibility index (Phi) is 3.92. The van der Waals surface area contributed by atoms with Gasteiger partial charge in [-0.15, -0.1) is 11.3 Å². The third kappa shape index (κ3) is 2.69. The average Bonchev–Trinajstić information content (AvgIpc) is 3.37. The number of thiophene rings is 1. The molecule has 1 N–H and O–H groups in total. The van der Waals surface area contributed by atoms with Crippen LogP contribution in [0.1, 0.15) is 37.5 Å². The van der Waals surface area contributed by atoms with Crippen LogP contribution in [-0.4, -0.2) is 44.7 Å². The van der Waals surface area contributed by atoms with Crippen molar-refractivity contribution in [1.29, 1.82) is 0 Å². The van der Waals surface area contributed by atoms with Gasteiger partial charge in [0.05, 0.1) is 34.7 Å². The van der Waals surface area contributed by atoms with Crippen LogP contribution in [0.3, 0.4) is 0 Å². The van der Waals surface area contributed by atoms with Gasteiger partial charge in [-0.25, -0.2) is 18.2 Å². The minimum absolute atomic E-state index is 0.224. The van der Waals surface area contributed by atoms with E-state index in [1.807, 2.05) is 11.4 Å². The zero-order valence-corrected chi connectivity index (χ0v) is 16.9. The van der Waals surface area contributed by atoms with Crippen LogP contribution in [0, 0.1) is 11.8 Å². The molecule has 2 fully saturated rings. The summed E-state index contributed by atoms with van der Waals surface area (Å²) >= 11 is 1.58. The number of hydrogen-bond donors (Lipinski definition) is 1. The molecule has 0 saturated heterocycles. The third-order valence-electron chi connectivity index (χ3n) is 6.13. The Morgan fingerprint density at radius 1 is 1.36 bits per heavy atom. The number of rotatable bonds is 4. The standard InChI is InChI=1S/C18H20N4O4S2/c1-28(25,26)21(18(23)24)9-15-20-13-8-19-12-4-5-27-17(12)16(13)22(15)14-7-10-2-3-11(14)6-10/h4-5,8,10-11,14H,2-3,6-7,9H2,1H3,(H,23,24)/t10?,11?,14-/m0/s1. The largest absolute Gasteiger partial charge is 0.464 e. The van der Waals surface area contributed by atoms with E-state index in [4.69, 9.17) is 0 Å². The van der Waals surface area contributed by atoms with Gasteiger partial charge in [0, 0.05) is 6.04 Å². The number of imidazole rings is 1. The van der Waals surface area contributed by atoms with Crippen LogP contribution in [0.5, 0.6) is 0 Å². The van der Waals surface area contributed by atoms with E-state index in [2.05, 4.69) is 14.5 Å². The van der Waals surface area contributed by atoms with Gasteiger partial charge in [0.25, 0.3) is 0 Å². The summed E-state index contributed by atoms with van der Waals surface area (Å²) < 4.78 is 27.7. The Morgan fingerprint density at radius 3 is 2.82 bits per heavy atom. The quantitative estimate of drug-likeness (QED) is 0.693. The first-order valence-corrected chi connectivity index (χ1v) is 12.0. The molecule has 2 bridgehead atoms. The molecule has 0 radical (unpaired) electrons. The van der Waals surface area contributed by atoms with E-state index in [1.165, 1.54) is 12.8 Å². The highest BCUT2D eigenvalue weighted by molar-refractivity contribution is 7.88. The fourth-order valence-electron chi connectivity index (χ4n) is 4.98. The van der Waals surface area contributed by atoms with E-state index in [1.54, 1.807) is 17.5 Å². The van der Waals surface area contributed by atoms with Crippen molar-refractivity contribution in [2.24, 2.45) is 11.8 Å². The summed E-state index contributed by atoms with van der Waals surface area (Å²) in [5.74, 6) is 1.69. The highest BCUT2D eigenvalue weighted by Crippen LogP contribution is 2.52. The molecule has 8 nitrogen and oxygen atoms in total. The van der Waals surface area contributed by atoms with Gasteiger partial charge in [-0.1, -0.05) is 6.42 Å². The van der Waals surface area contributed by atoms with E-state index < -0.39 is 16.1 Å². The fraction of sp³-hybridized carbons (Fsp3) is 0.500. The number of carbonyl (C=O) groups is 1. The molecule has 5 rings (SSSR count). The first-order chi connectivity index (χ1) is 13.3. The lowest BCUT2D eigenvalue weighted by Gasteiger charge is -2.27. The maximum absolute atomic E-state index is 12.0. The number of hydrogen-bond acceptors (Lipinski definition) is 6. The van der Waals surface area contributed by atoms with Gasteiger partial charge in [0.15, 0.2) is 0 Å². The van der Waals surface area contributed by atoms with E-state index >= 15 is 0 Å². The summed E-state index contributed by atoms with van der Waals surface area (Å²) in [7, 11) is -3.91. The summed E-state index contributed by atoms with van der Waals surface area (Å²) in [6.45, 7) is -0.288. The van der Waals surface area contributed by atoms with Crippen LogP contribution in [0.4, 0.5) is 4.79 Å². The summed E-state index contributed by atoms with van der Waals surface area (Å²) in [5, 5.41) is 11.4. The van der Waals surface area contributed by atoms with Gasteiger partial charge >= 0.3 is 6.09 Å². The Morgan fingerprint density at radius 2 is 2.18 bits per heavy atom. The van der Waals surface area contributed by atoms with Crippen LogP contribution in [0.15, 0.2) is 17.6 Å². The number of amides is 1. The first kappa shape index (κ1) is 17.9. The fourth-order valence-corrected chi connectivity index (χ4v) is 6.50. The molecular weight excluding hydrogens is 400 g/mol. The first-order valence-electron chi connectivity index (χ1n) is 9.26. The van der Waals surface area contributed by atoms with Gasteiger partial charge in [0.2, 0.25) is 10.0 Å². The molecule has 3 aromatic rings. The molecule has 0 aromatic carbocycles. The predicted molar refractivity (Wildman–Crippen MR) is 106 cm³/mol. The number of sulfonamides is 1. The second-order valence-electron chi connectivity index (χ2n) is 7.82. The molecule has 3 heterocycles. The van der Waals surface area contributed by atoms with E-state index in [-0.39, 0.29) is 12.6 Å². The van der Waals surface area contributed by atoms with Crippen LogP contribution < -0.4 is 0 Å². The minimum atomic E-state index is -3.91. The van der Waals surface area contributed by atoms with Gasteiger partial charge in [-0.3, -0.25) is 4.98 Å².